The second-order valence-electron chi connectivity index (χ2n) is 1.89. The molecule has 0 bridgehead atoms. The van der Waals surface area contributed by atoms with Crippen LogP contribution in [0, 0.1) is 0 Å². The summed E-state index contributed by atoms with van der Waals surface area (Å²) in [6, 6.07) is 0. The summed E-state index contributed by atoms with van der Waals surface area (Å²) in [6.45, 7) is 3.76. The van der Waals surface area contributed by atoms with Gasteiger partial charge in [-0.1, -0.05) is 0 Å². The van der Waals surface area contributed by atoms with Crippen LogP contribution in [0.2, 0.25) is 0 Å². The Bertz CT molecular complexity index is 72.6. The zero-order chi connectivity index (χ0) is 6.53. The van der Waals surface area contributed by atoms with Gasteiger partial charge >= 0.3 is 0 Å². The smallest absolute Gasteiger partial charge is 0.0886 e. The Kier molecular flexibility index (Phi) is 3.44. The maximum Gasteiger partial charge on any atom is 0.0886 e. The van der Waals surface area contributed by atoms with Gasteiger partial charge in [-0.05, 0) is 0 Å². The molecule has 0 aromatic rings. The molecule has 4 heteroatoms. The molecule has 1 rings (SSSR count). The maximum absolute atomic E-state index is 5.15. The van der Waals surface area contributed by atoms with Gasteiger partial charge in [0.25, 0.3) is 0 Å². The van der Waals surface area contributed by atoms with Crippen molar-refractivity contribution >= 4 is 8.96 Å². The number of hydrogen-bond acceptors (Lipinski definition) is 3. The molecule has 0 aromatic carbocycles. The fourth-order valence-electron chi connectivity index (χ4n) is 0.784. The molecule has 0 saturated carbocycles. The van der Waals surface area contributed by atoms with Crippen LogP contribution in [0.15, 0.2) is 0 Å². The van der Waals surface area contributed by atoms with Crippen molar-refractivity contribution < 1.29 is 9.26 Å². The number of hydrogen-bond donors (Lipinski definition) is 0. The standard InChI is InChI=1S/C5H12NO2P/c1-7-9-6-2-4-8-5-3-6/h9H,2-5H2,1H3. The van der Waals surface area contributed by atoms with Crippen LogP contribution in [0.25, 0.3) is 0 Å². The van der Waals surface area contributed by atoms with Crippen LogP contribution in [0.3, 0.4) is 0 Å². The van der Waals surface area contributed by atoms with Gasteiger partial charge < -0.3 is 9.26 Å². The Morgan fingerprint density at radius 1 is 1.44 bits per heavy atom. The Hall–Kier alpha value is 0.310. The van der Waals surface area contributed by atoms with E-state index in [0.29, 0.717) is 8.96 Å². The van der Waals surface area contributed by atoms with Crippen LogP contribution in [-0.4, -0.2) is 38.1 Å². The van der Waals surface area contributed by atoms with E-state index in [0.717, 1.165) is 26.3 Å². The van der Waals surface area contributed by atoms with Crippen LogP contribution in [0.1, 0.15) is 0 Å². The normalized spacial score (nSPS) is 23.7. The highest BCUT2D eigenvalue weighted by molar-refractivity contribution is 7.29. The Balaban J connectivity index is 2.08. The second-order valence-corrected chi connectivity index (χ2v) is 3.12. The molecule has 54 valence electrons. The quantitative estimate of drug-likeness (QED) is 0.533. The molecule has 0 amide bonds. The molecule has 0 aliphatic carbocycles. The summed E-state index contributed by atoms with van der Waals surface area (Å²) in [6.07, 6.45) is 0. The van der Waals surface area contributed by atoms with Crippen LogP contribution >= 0.6 is 8.96 Å². The highest BCUT2D eigenvalue weighted by atomic mass is 31.1. The summed E-state index contributed by atoms with van der Waals surface area (Å²) in [4.78, 5) is 0. The number of rotatable bonds is 2. The average Bonchev–Trinajstić information content (AvgIpc) is 1.91. The Morgan fingerprint density at radius 3 is 2.67 bits per heavy atom. The largest absolute Gasteiger partial charge is 0.379 e. The lowest BCUT2D eigenvalue weighted by atomic mass is 10.5. The lowest BCUT2D eigenvalue weighted by molar-refractivity contribution is 0.0726. The molecular formula is C5H12NO2P. The first kappa shape index (κ1) is 7.42. The summed E-state index contributed by atoms with van der Waals surface area (Å²) >= 11 is 0. The van der Waals surface area contributed by atoms with Gasteiger partial charge in [0.1, 0.15) is 0 Å². The van der Waals surface area contributed by atoms with E-state index in [1.54, 1.807) is 7.11 Å². The lowest BCUT2D eigenvalue weighted by Crippen LogP contribution is -2.30. The van der Waals surface area contributed by atoms with Crippen molar-refractivity contribution in [1.29, 1.82) is 0 Å². The lowest BCUT2D eigenvalue weighted by Gasteiger charge is -2.24. The third-order valence-corrected chi connectivity index (χ3v) is 2.12. The van der Waals surface area contributed by atoms with Gasteiger partial charge in [-0.15, -0.1) is 0 Å². The van der Waals surface area contributed by atoms with Crippen LogP contribution in [0.5, 0.6) is 0 Å². The van der Waals surface area contributed by atoms with Crippen molar-refractivity contribution in [3.8, 4) is 0 Å². The fraction of sp³-hybridized carbons (Fsp3) is 1.00. The molecule has 3 nitrogen and oxygen atoms in total. The highest BCUT2D eigenvalue weighted by Gasteiger charge is 2.08. The first-order valence-electron chi connectivity index (χ1n) is 3.05. The van der Waals surface area contributed by atoms with E-state index in [9.17, 15) is 0 Å². The molecule has 1 atom stereocenters. The van der Waals surface area contributed by atoms with Crippen molar-refractivity contribution in [2.75, 3.05) is 33.4 Å². The summed E-state index contributed by atoms with van der Waals surface area (Å²) in [5, 5.41) is 0. The molecule has 1 aliphatic rings. The van der Waals surface area contributed by atoms with E-state index >= 15 is 0 Å². The predicted octanol–water partition coefficient (Wildman–Crippen LogP) is 0.474. The summed E-state index contributed by atoms with van der Waals surface area (Å²) in [5.41, 5.74) is 0. The van der Waals surface area contributed by atoms with E-state index in [2.05, 4.69) is 4.67 Å². The minimum Gasteiger partial charge on any atom is -0.379 e. The first-order chi connectivity index (χ1) is 4.43. The van der Waals surface area contributed by atoms with Gasteiger partial charge in [0.05, 0.1) is 22.2 Å². The molecule has 0 aromatic heterocycles. The average molecular weight is 149 g/mol. The Morgan fingerprint density at radius 2 is 2.11 bits per heavy atom. The summed E-state index contributed by atoms with van der Waals surface area (Å²) in [5.74, 6) is 0. The van der Waals surface area contributed by atoms with Crippen molar-refractivity contribution in [3.63, 3.8) is 0 Å². The number of ether oxygens (including phenoxy) is 1. The van der Waals surface area contributed by atoms with Crippen LogP contribution in [0.4, 0.5) is 0 Å². The molecule has 0 N–H and O–H groups in total. The zero-order valence-electron chi connectivity index (χ0n) is 5.59. The van der Waals surface area contributed by atoms with Gasteiger partial charge in [-0.2, -0.15) is 0 Å². The van der Waals surface area contributed by atoms with E-state index in [1.807, 2.05) is 0 Å². The fourth-order valence-corrected chi connectivity index (χ4v) is 1.41. The second kappa shape index (κ2) is 4.18. The Labute approximate surface area is 57.2 Å². The van der Waals surface area contributed by atoms with Crippen molar-refractivity contribution in [2.24, 2.45) is 0 Å². The van der Waals surface area contributed by atoms with Gasteiger partial charge in [-0.3, -0.25) is 4.67 Å². The molecule has 0 radical (unpaired) electrons. The number of nitrogens with zero attached hydrogens (tertiary/aromatic N) is 1. The SMILES string of the molecule is COPN1CCOCC1. The molecule has 1 fully saturated rings. The van der Waals surface area contributed by atoms with Crippen LogP contribution < -0.4 is 0 Å². The van der Waals surface area contributed by atoms with E-state index in [-0.39, 0.29) is 0 Å². The number of morpholine rings is 1. The topological polar surface area (TPSA) is 21.7 Å². The molecule has 1 aliphatic heterocycles. The monoisotopic (exact) mass is 149 g/mol. The third kappa shape index (κ3) is 2.59. The van der Waals surface area contributed by atoms with Crippen LogP contribution in [-0.2, 0) is 9.26 Å². The first-order valence-corrected chi connectivity index (χ1v) is 3.90. The van der Waals surface area contributed by atoms with E-state index < -0.39 is 0 Å². The molecule has 9 heavy (non-hydrogen) atoms. The van der Waals surface area contributed by atoms with Gasteiger partial charge in [0, 0.05) is 20.2 Å². The third-order valence-electron chi connectivity index (χ3n) is 1.23. The van der Waals surface area contributed by atoms with E-state index in [1.165, 1.54) is 0 Å². The van der Waals surface area contributed by atoms with E-state index in [4.69, 9.17) is 9.26 Å². The molecule has 1 unspecified atom stereocenters. The maximum atomic E-state index is 5.15. The summed E-state index contributed by atoms with van der Waals surface area (Å²) in [7, 11) is 2.25. The zero-order valence-corrected chi connectivity index (χ0v) is 6.59. The molecular weight excluding hydrogens is 137 g/mol. The minimum absolute atomic E-state index is 0.517. The minimum atomic E-state index is 0.517. The molecule has 1 heterocycles. The molecule has 0 spiro atoms. The van der Waals surface area contributed by atoms with Gasteiger partial charge in [0.15, 0.2) is 0 Å². The van der Waals surface area contributed by atoms with Crippen molar-refractivity contribution in [2.45, 2.75) is 0 Å². The highest BCUT2D eigenvalue weighted by Crippen LogP contribution is 2.18. The van der Waals surface area contributed by atoms with Crippen molar-refractivity contribution in [1.82, 2.24) is 4.67 Å². The van der Waals surface area contributed by atoms with Gasteiger partial charge in [0.2, 0.25) is 0 Å². The molecule has 1 saturated heterocycles. The predicted molar refractivity (Wildman–Crippen MR) is 37.7 cm³/mol. The van der Waals surface area contributed by atoms with Gasteiger partial charge in [-0.25, -0.2) is 0 Å². The van der Waals surface area contributed by atoms with Crippen molar-refractivity contribution in [3.05, 3.63) is 0 Å². The summed E-state index contributed by atoms with van der Waals surface area (Å²) < 4.78 is 12.4.